The molecule has 0 saturated carbocycles. The average molecular weight is 478 g/mol. The van der Waals surface area contributed by atoms with Crippen molar-refractivity contribution < 1.29 is 54.4 Å². The minimum absolute atomic E-state index is 0.0175. The molecule has 5 atom stereocenters. The molecule has 34 heavy (non-hydrogen) atoms. The summed E-state index contributed by atoms with van der Waals surface area (Å²) in [5.74, 6) is -2.57. The van der Waals surface area contributed by atoms with Gasteiger partial charge in [0.05, 0.1) is 13.7 Å². The van der Waals surface area contributed by atoms with Crippen LogP contribution in [-0.2, 0) is 4.74 Å². The predicted molar refractivity (Wildman–Crippen MR) is 114 cm³/mol. The molecule has 1 fully saturated rings. The molecule has 2 heterocycles. The first-order valence-corrected chi connectivity index (χ1v) is 10.0. The molecule has 0 amide bonds. The summed E-state index contributed by atoms with van der Waals surface area (Å²) in [4.78, 5) is 13.1. The normalized spacial score (nSPS) is 24.8. The molecular weight excluding hydrogens is 456 g/mol. The molecule has 12 nitrogen and oxygen atoms in total. The van der Waals surface area contributed by atoms with Gasteiger partial charge in [-0.05, 0) is 24.3 Å². The summed E-state index contributed by atoms with van der Waals surface area (Å²) in [5, 5.41) is 69.6. The standard InChI is InChI=1S/C22H22O12/c1-31-21-16(28)13-11(32-19(21)8-2-4-9(24)5-3-8)6-10(25)20(15(13)27)34-22-18(30)17(29)14(26)12(7-23)33-22/h2-6,12,14,17-18,22-27,29-30H,7H2,1H3/t12-,14-,17+,18-,22+/m0/s1. The molecule has 12 heteroatoms. The van der Waals surface area contributed by atoms with Gasteiger partial charge in [-0.2, -0.15) is 0 Å². The Morgan fingerprint density at radius 2 is 1.65 bits per heavy atom. The van der Waals surface area contributed by atoms with Gasteiger partial charge in [0, 0.05) is 11.6 Å². The van der Waals surface area contributed by atoms with E-state index in [1.165, 1.54) is 31.4 Å². The van der Waals surface area contributed by atoms with E-state index in [4.69, 9.17) is 18.6 Å². The Labute approximate surface area is 191 Å². The van der Waals surface area contributed by atoms with E-state index in [9.17, 15) is 40.5 Å². The molecule has 0 bridgehead atoms. The second-order valence-corrected chi connectivity index (χ2v) is 7.60. The van der Waals surface area contributed by atoms with Crippen LogP contribution in [0.2, 0.25) is 0 Å². The van der Waals surface area contributed by atoms with Gasteiger partial charge in [0.2, 0.25) is 23.2 Å². The summed E-state index contributed by atoms with van der Waals surface area (Å²) in [6, 6.07) is 6.66. The predicted octanol–water partition coefficient (Wildman–Crippen LogP) is -0.236. The number of methoxy groups -OCH3 is 1. The van der Waals surface area contributed by atoms with Gasteiger partial charge in [-0.3, -0.25) is 4.79 Å². The third-order valence-electron chi connectivity index (χ3n) is 5.47. The van der Waals surface area contributed by atoms with Gasteiger partial charge in [-0.15, -0.1) is 0 Å². The highest BCUT2D eigenvalue weighted by Gasteiger charge is 2.45. The summed E-state index contributed by atoms with van der Waals surface area (Å²) in [7, 11) is 1.21. The van der Waals surface area contributed by atoms with Crippen LogP contribution in [0.5, 0.6) is 28.7 Å². The number of aromatic hydroxyl groups is 3. The van der Waals surface area contributed by atoms with E-state index in [0.29, 0.717) is 5.56 Å². The number of hydrogen-bond donors (Lipinski definition) is 7. The van der Waals surface area contributed by atoms with Crippen LogP contribution in [0.1, 0.15) is 0 Å². The molecule has 1 aromatic heterocycles. The molecule has 0 radical (unpaired) electrons. The first-order valence-electron chi connectivity index (χ1n) is 10.0. The van der Waals surface area contributed by atoms with E-state index < -0.39 is 65.4 Å². The van der Waals surface area contributed by atoms with Crippen molar-refractivity contribution in [2.75, 3.05) is 13.7 Å². The number of aliphatic hydroxyl groups is 4. The van der Waals surface area contributed by atoms with Gasteiger partial charge in [-0.25, -0.2) is 0 Å². The van der Waals surface area contributed by atoms with Crippen molar-refractivity contribution in [2.24, 2.45) is 0 Å². The molecular formula is C22H22O12. The Kier molecular flexibility index (Phi) is 6.25. The summed E-state index contributed by atoms with van der Waals surface area (Å²) >= 11 is 0. The fourth-order valence-electron chi connectivity index (χ4n) is 3.67. The maximum Gasteiger partial charge on any atom is 0.239 e. The van der Waals surface area contributed by atoms with Gasteiger partial charge in [-0.1, -0.05) is 0 Å². The van der Waals surface area contributed by atoms with Crippen molar-refractivity contribution >= 4 is 11.0 Å². The lowest BCUT2D eigenvalue weighted by Gasteiger charge is -2.39. The fourth-order valence-corrected chi connectivity index (χ4v) is 3.67. The van der Waals surface area contributed by atoms with E-state index in [1.807, 2.05) is 0 Å². The highest BCUT2D eigenvalue weighted by atomic mass is 16.7. The zero-order chi connectivity index (χ0) is 24.7. The van der Waals surface area contributed by atoms with Crippen LogP contribution in [0, 0.1) is 0 Å². The summed E-state index contributed by atoms with van der Waals surface area (Å²) in [5.41, 5.74) is -0.678. The van der Waals surface area contributed by atoms with E-state index in [-0.39, 0.29) is 22.8 Å². The third kappa shape index (κ3) is 3.87. The van der Waals surface area contributed by atoms with E-state index >= 15 is 0 Å². The van der Waals surface area contributed by atoms with Crippen LogP contribution >= 0.6 is 0 Å². The van der Waals surface area contributed by atoms with Crippen molar-refractivity contribution in [2.45, 2.75) is 30.7 Å². The summed E-state index contributed by atoms with van der Waals surface area (Å²) in [6.07, 6.45) is -8.26. The number of rotatable bonds is 5. The zero-order valence-electron chi connectivity index (χ0n) is 17.7. The first-order chi connectivity index (χ1) is 16.2. The Morgan fingerprint density at radius 3 is 2.26 bits per heavy atom. The smallest absolute Gasteiger partial charge is 0.239 e. The van der Waals surface area contributed by atoms with Crippen LogP contribution < -0.4 is 14.9 Å². The molecule has 2 aromatic carbocycles. The minimum Gasteiger partial charge on any atom is -0.508 e. The van der Waals surface area contributed by atoms with E-state index in [1.54, 1.807) is 0 Å². The van der Waals surface area contributed by atoms with Gasteiger partial charge < -0.3 is 54.4 Å². The van der Waals surface area contributed by atoms with Crippen LogP contribution in [0.25, 0.3) is 22.3 Å². The van der Waals surface area contributed by atoms with Gasteiger partial charge in [0.25, 0.3) is 0 Å². The molecule has 1 aliphatic heterocycles. The lowest BCUT2D eigenvalue weighted by molar-refractivity contribution is -0.277. The number of ether oxygens (including phenoxy) is 3. The minimum atomic E-state index is -1.82. The number of phenols is 3. The Balaban J connectivity index is 1.82. The van der Waals surface area contributed by atoms with Crippen LogP contribution in [0.15, 0.2) is 39.5 Å². The summed E-state index contributed by atoms with van der Waals surface area (Å²) < 4.78 is 21.5. The van der Waals surface area contributed by atoms with Crippen LogP contribution in [0.4, 0.5) is 0 Å². The van der Waals surface area contributed by atoms with Crippen molar-refractivity contribution in [3.05, 3.63) is 40.6 Å². The maximum atomic E-state index is 13.1. The quantitative estimate of drug-likeness (QED) is 0.254. The average Bonchev–Trinajstić information content (AvgIpc) is 2.81. The van der Waals surface area contributed by atoms with Crippen LogP contribution in [0.3, 0.4) is 0 Å². The topological polar surface area (TPSA) is 200 Å². The second kappa shape index (κ2) is 9.00. The largest absolute Gasteiger partial charge is 0.508 e. The van der Waals surface area contributed by atoms with Crippen molar-refractivity contribution in [3.63, 3.8) is 0 Å². The molecule has 0 aliphatic carbocycles. The van der Waals surface area contributed by atoms with Gasteiger partial charge >= 0.3 is 0 Å². The molecule has 1 saturated heterocycles. The van der Waals surface area contributed by atoms with Gasteiger partial charge in [0.15, 0.2) is 17.3 Å². The lowest BCUT2D eigenvalue weighted by Crippen LogP contribution is -2.60. The molecule has 0 unspecified atom stereocenters. The fraction of sp³-hybridized carbons (Fsp3) is 0.318. The second-order valence-electron chi connectivity index (χ2n) is 7.60. The summed E-state index contributed by atoms with van der Waals surface area (Å²) in [6.45, 7) is -0.721. The first kappa shape index (κ1) is 23.6. The number of phenolic OH excluding ortho intramolecular Hbond substituents is 3. The highest BCUT2D eigenvalue weighted by molar-refractivity contribution is 5.91. The van der Waals surface area contributed by atoms with Crippen molar-refractivity contribution in [3.8, 4) is 40.1 Å². The molecule has 0 spiro atoms. The highest BCUT2D eigenvalue weighted by Crippen LogP contribution is 2.44. The van der Waals surface area contributed by atoms with Crippen LogP contribution in [-0.4, -0.2) is 80.2 Å². The number of fused-ring (bicyclic) bond motifs is 1. The zero-order valence-corrected chi connectivity index (χ0v) is 17.7. The van der Waals surface area contributed by atoms with Crippen molar-refractivity contribution in [1.29, 1.82) is 0 Å². The van der Waals surface area contributed by atoms with E-state index in [2.05, 4.69) is 0 Å². The van der Waals surface area contributed by atoms with Crippen molar-refractivity contribution in [1.82, 2.24) is 0 Å². The van der Waals surface area contributed by atoms with Gasteiger partial charge in [0.1, 0.15) is 41.1 Å². The molecule has 1 aliphatic rings. The molecule has 4 rings (SSSR count). The molecule has 182 valence electrons. The number of benzene rings is 2. The van der Waals surface area contributed by atoms with E-state index in [0.717, 1.165) is 6.07 Å². The maximum absolute atomic E-state index is 13.1. The number of aliphatic hydroxyl groups excluding tert-OH is 4. The Hall–Kier alpha value is -3.55. The SMILES string of the molecule is COc1c(-c2ccc(O)cc2)oc2cc(O)c(O[C@H]3O[C@@H](CO)[C@H](O)[C@@H](O)[C@@H]3O)c(O)c2c1=O. The number of hydrogen-bond acceptors (Lipinski definition) is 12. The lowest BCUT2D eigenvalue weighted by atomic mass is 9.99. The molecule has 7 N–H and O–H groups in total. The Bertz CT molecular complexity index is 1250. The monoisotopic (exact) mass is 478 g/mol. The Morgan fingerprint density at radius 1 is 0.971 bits per heavy atom. The molecule has 3 aromatic rings. The third-order valence-corrected chi connectivity index (χ3v) is 5.47.